The van der Waals surface area contributed by atoms with Crippen LogP contribution in [0.4, 0.5) is 0 Å². The molecule has 1 N–H and O–H groups in total. The highest BCUT2D eigenvalue weighted by Crippen LogP contribution is 2.25. The Morgan fingerprint density at radius 3 is 2.75 bits per heavy atom. The van der Waals surface area contributed by atoms with Gasteiger partial charge in [-0.2, -0.15) is 0 Å². The molecule has 4 nitrogen and oxygen atoms in total. The summed E-state index contributed by atoms with van der Waals surface area (Å²) in [6.07, 6.45) is 9.71. The summed E-state index contributed by atoms with van der Waals surface area (Å²) in [5.41, 5.74) is 0. The molecule has 0 bridgehead atoms. The fourth-order valence-corrected chi connectivity index (χ4v) is 3.51. The molecule has 4 heteroatoms. The molecule has 1 aliphatic carbocycles. The normalized spacial score (nSPS) is 25.6. The molecule has 1 saturated carbocycles. The predicted molar refractivity (Wildman–Crippen MR) is 80.7 cm³/mol. The van der Waals surface area contributed by atoms with E-state index in [2.05, 4.69) is 10.2 Å². The number of ether oxygens (including phenoxy) is 1. The monoisotopic (exact) mass is 282 g/mol. The Balaban J connectivity index is 1.71. The summed E-state index contributed by atoms with van der Waals surface area (Å²) in [7, 11) is 0. The van der Waals surface area contributed by atoms with E-state index in [0.29, 0.717) is 25.7 Å². The van der Waals surface area contributed by atoms with Gasteiger partial charge in [-0.3, -0.25) is 9.69 Å². The van der Waals surface area contributed by atoms with Crippen molar-refractivity contribution in [2.24, 2.45) is 0 Å². The Bertz CT molecular complexity index is 290. The number of nitrogens with one attached hydrogen (secondary N) is 1. The van der Waals surface area contributed by atoms with E-state index < -0.39 is 0 Å². The Hall–Kier alpha value is -0.610. The third kappa shape index (κ3) is 5.06. The van der Waals surface area contributed by atoms with Gasteiger partial charge in [0.25, 0.3) is 0 Å². The topological polar surface area (TPSA) is 41.6 Å². The van der Waals surface area contributed by atoms with Crippen molar-refractivity contribution < 1.29 is 9.53 Å². The quantitative estimate of drug-likeness (QED) is 0.760. The summed E-state index contributed by atoms with van der Waals surface area (Å²) >= 11 is 0. The van der Waals surface area contributed by atoms with Gasteiger partial charge in [-0.05, 0) is 39.2 Å². The van der Waals surface area contributed by atoms with Crippen LogP contribution in [0.3, 0.4) is 0 Å². The minimum atomic E-state index is 0.147. The van der Waals surface area contributed by atoms with Gasteiger partial charge in [0.05, 0.1) is 6.61 Å². The molecule has 1 aliphatic heterocycles. The molecule has 2 rings (SSSR count). The molecule has 2 fully saturated rings. The maximum absolute atomic E-state index is 11.9. The lowest BCUT2D eigenvalue weighted by molar-refractivity contribution is -0.123. The Labute approximate surface area is 123 Å². The fourth-order valence-electron chi connectivity index (χ4n) is 3.51. The number of rotatable bonds is 6. The van der Waals surface area contributed by atoms with Crippen molar-refractivity contribution in [3.63, 3.8) is 0 Å². The number of nitrogens with zero attached hydrogens (tertiary/aromatic N) is 1. The van der Waals surface area contributed by atoms with Crippen LogP contribution in [0.15, 0.2) is 0 Å². The first-order valence-corrected chi connectivity index (χ1v) is 8.40. The number of hydrogen-bond donors (Lipinski definition) is 1. The summed E-state index contributed by atoms with van der Waals surface area (Å²) in [6, 6.07) is 1.12. The smallest absolute Gasteiger partial charge is 0.222 e. The van der Waals surface area contributed by atoms with Crippen LogP contribution in [0.1, 0.15) is 58.3 Å². The van der Waals surface area contributed by atoms with Crippen molar-refractivity contribution in [3.8, 4) is 0 Å². The van der Waals surface area contributed by atoms with Gasteiger partial charge in [-0.15, -0.1) is 0 Å². The van der Waals surface area contributed by atoms with Gasteiger partial charge in [0.2, 0.25) is 5.91 Å². The first-order chi connectivity index (χ1) is 9.79. The number of likely N-dealkylation sites (tertiary alicyclic amines) is 1. The van der Waals surface area contributed by atoms with Crippen LogP contribution in [-0.4, -0.2) is 49.2 Å². The molecule has 1 heterocycles. The summed E-state index contributed by atoms with van der Waals surface area (Å²) in [6.45, 7) is 5.45. The zero-order valence-electron chi connectivity index (χ0n) is 12.9. The van der Waals surface area contributed by atoms with E-state index >= 15 is 0 Å². The Kier molecular flexibility index (Phi) is 6.80. The van der Waals surface area contributed by atoms with E-state index in [4.69, 9.17) is 4.74 Å². The molecule has 0 spiro atoms. The van der Waals surface area contributed by atoms with Crippen LogP contribution < -0.4 is 5.32 Å². The van der Waals surface area contributed by atoms with Gasteiger partial charge < -0.3 is 10.1 Å². The number of carbonyl (C=O) groups is 1. The van der Waals surface area contributed by atoms with Crippen LogP contribution in [0.5, 0.6) is 0 Å². The molecule has 0 unspecified atom stereocenters. The summed E-state index contributed by atoms with van der Waals surface area (Å²) < 4.78 is 5.24. The summed E-state index contributed by atoms with van der Waals surface area (Å²) in [4.78, 5) is 14.5. The zero-order valence-corrected chi connectivity index (χ0v) is 12.9. The van der Waals surface area contributed by atoms with E-state index in [1.165, 1.54) is 45.1 Å². The fraction of sp³-hybridized carbons (Fsp3) is 0.938. The minimum absolute atomic E-state index is 0.147. The Morgan fingerprint density at radius 1 is 1.20 bits per heavy atom. The second-order valence-corrected chi connectivity index (χ2v) is 6.14. The number of piperidine rings is 1. The minimum Gasteiger partial charge on any atom is -0.381 e. The van der Waals surface area contributed by atoms with Gasteiger partial charge in [0, 0.05) is 31.7 Å². The van der Waals surface area contributed by atoms with E-state index in [0.717, 1.165) is 19.0 Å². The second kappa shape index (κ2) is 8.63. The lowest BCUT2D eigenvalue weighted by Crippen LogP contribution is -2.51. The van der Waals surface area contributed by atoms with E-state index in [1.807, 2.05) is 6.92 Å². The molecule has 1 amide bonds. The van der Waals surface area contributed by atoms with Crippen LogP contribution in [0.25, 0.3) is 0 Å². The SMILES string of the molecule is CCOCCC(=O)N[C@@H]1CCCN(C2CCCCC2)C1. The number of hydrogen-bond acceptors (Lipinski definition) is 3. The van der Waals surface area contributed by atoms with Crippen molar-refractivity contribution >= 4 is 5.91 Å². The predicted octanol–water partition coefficient (Wildman–Crippen LogP) is 2.33. The average Bonchev–Trinajstić information content (AvgIpc) is 2.49. The molecule has 0 aromatic heterocycles. The highest BCUT2D eigenvalue weighted by Gasteiger charge is 2.27. The molecule has 20 heavy (non-hydrogen) atoms. The summed E-state index contributed by atoms with van der Waals surface area (Å²) in [5.74, 6) is 0.147. The third-order valence-electron chi connectivity index (χ3n) is 4.59. The molecule has 0 aromatic carbocycles. The molecule has 0 aromatic rings. The van der Waals surface area contributed by atoms with Crippen LogP contribution >= 0.6 is 0 Å². The molecule has 0 radical (unpaired) electrons. The molecular formula is C16H30N2O2. The van der Waals surface area contributed by atoms with Crippen molar-refractivity contribution in [2.75, 3.05) is 26.3 Å². The lowest BCUT2D eigenvalue weighted by atomic mass is 9.92. The van der Waals surface area contributed by atoms with Gasteiger partial charge in [-0.25, -0.2) is 0 Å². The van der Waals surface area contributed by atoms with Crippen molar-refractivity contribution in [3.05, 3.63) is 0 Å². The van der Waals surface area contributed by atoms with E-state index in [-0.39, 0.29) is 5.91 Å². The zero-order chi connectivity index (χ0) is 14.2. The van der Waals surface area contributed by atoms with Gasteiger partial charge in [0.1, 0.15) is 0 Å². The average molecular weight is 282 g/mol. The van der Waals surface area contributed by atoms with Crippen molar-refractivity contribution in [2.45, 2.75) is 70.4 Å². The highest BCUT2D eigenvalue weighted by molar-refractivity contribution is 5.76. The number of carbonyl (C=O) groups excluding carboxylic acids is 1. The van der Waals surface area contributed by atoms with Gasteiger partial charge in [-0.1, -0.05) is 19.3 Å². The standard InChI is InChI=1S/C16H30N2O2/c1-2-20-12-10-16(19)17-14-7-6-11-18(13-14)15-8-4-3-5-9-15/h14-15H,2-13H2,1H3,(H,17,19)/t14-/m1/s1. The van der Waals surface area contributed by atoms with Crippen molar-refractivity contribution in [1.82, 2.24) is 10.2 Å². The first kappa shape index (κ1) is 15.8. The largest absolute Gasteiger partial charge is 0.381 e. The molecule has 116 valence electrons. The maximum atomic E-state index is 11.9. The third-order valence-corrected chi connectivity index (χ3v) is 4.59. The van der Waals surface area contributed by atoms with Crippen molar-refractivity contribution in [1.29, 1.82) is 0 Å². The molecule has 1 saturated heterocycles. The van der Waals surface area contributed by atoms with Gasteiger partial charge >= 0.3 is 0 Å². The van der Waals surface area contributed by atoms with Crippen LogP contribution in [0.2, 0.25) is 0 Å². The number of amides is 1. The lowest BCUT2D eigenvalue weighted by Gasteiger charge is -2.40. The van der Waals surface area contributed by atoms with Crippen LogP contribution in [0, 0.1) is 0 Å². The van der Waals surface area contributed by atoms with Gasteiger partial charge in [0.15, 0.2) is 0 Å². The highest BCUT2D eigenvalue weighted by atomic mass is 16.5. The second-order valence-electron chi connectivity index (χ2n) is 6.14. The molecule has 1 atom stereocenters. The van der Waals surface area contributed by atoms with E-state index in [1.54, 1.807) is 0 Å². The molecular weight excluding hydrogens is 252 g/mol. The van der Waals surface area contributed by atoms with E-state index in [9.17, 15) is 4.79 Å². The summed E-state index contributed by atoms with van der Waals surface area (Å²) in [5, 5.41) is 3.19. The first-order valence-electron chi connectivity index (χ1n) is 8.40. The maximum Gasteiger partial charge on any atom is 0.222 e. The van der Waals surface area contributed by atoms with Crippen LogP contribution in [-0.2, 0) is 9.53 Å². The molecule has 2 aliphatic rings. The Morgan fingerprint density at radius 2 is 2.00 bits per heavy atom.